The third-order valence-corrected chi connectivity index (χ3v) is 8.27. The molecule has 2 aliphatic rings. The molecule has 0 bridgehead atoms. The highest BCUT2D eigenvalue weighted by Gasteiger charge is 2.55. The van der Waals surface area contributed by atoms with Crippen molar-refractivity contribution in [2.75, 3.05) is 23.8 Å². The van der Waals surface area contributed by atoms with E-state index in [1.54, 1.807) is 15.6 Å². The molecule has 0 unspecified atom stereocenters. The molecule has 0 spiro atoms. The standard InChI is InChI=1S/C22H28N10O8S2.H2O4S/c1-22(2,20(38)39)40-28-11(15-27-21(25)42-29-15)16(34)26-12-17(35)32-13(19(36)37)10(8-41-18(12)32)7-30-6-9(5-23)14(24)31(30)3-4-33;1-5(2,3)4/h6,12,18,24,33H,3-5,7-8,23H2,1-2H3,(H5,25,26,27,29,34,36,37,38,39);(H2,1,2,3,4)/b28-11+;/t12-,18-;/m1./s1. The lowest BCUT2D eigenvalue weighted by Crippen LogP contribution is -2.71. The molecule has 47 heavy (non-hydrogen) atoms. The number of aliphatic hydroxyl groups excluding tert-OH is 1. The predicted octanol–water partition coefficient (Wildman–Crippen LogP) is -3.73. The first-order chi connectivity index (χ1) is 21.8. The second-order valence-electron chi connectivity index (χ2n) is 10.0. The number of carbonyl (C=O) groups is 4. The fourth-order valence-electron chi connectivity index (χ4n) is 4.18. The van der Waals surface area contributed by atoms with Gasteiger partial charge in [-0.3, -0.25) is 19.0 Å². The number of carbonyl (C=O) groups excluding carboxylic acids is 2. The Morgan fingerprint density at radius 2 is 1.94 bits per heavy atom. The molecule has 0 radical (unpaired) electrons. The molecule has 2 aromatic rings. The van der Waals surface area contributed by atoms with Gasteiger partial charge in [0.1, 0.15) is 23.7 Å². The van der Waals surface area contributed by atoms with Crippen molar-refractivity contribution in [2.45, 2.75) is 50.5 Å². The number of oxime groups is 1. The van der Waals surface area contributed by atoms with E-state index in [2.05, 4.69) is 19.8 Å². The molecule has 4 rings (SSSR count). The number of carboxylic acid groups (broad SMARTS) is 2. The van der Waals surface area contributed by atoms with Crippen LogP contribution in [0.25, 0.3) is 0 Å². The number of hydrogen-bond donors (Lipinski definition) is 8. The SMILES string of the molecule is CC(C)(O/N=C(/C(=O)N[C@@H]1C(=O)N2C(C(=O)O)=C(C[n+]3cc(CN)c(N)n3CCO)CS[C@H]12)c1nsc(N)n1)C(=O)O.O=S(=O)([O-])O. The number of hydrogen-bond acceptors (Lipinski definition) is 17. The predicted molar refractivity (Wildman–Crippen MR) is 160 cm³/mol. The molecule has 4 heterocycles. The molecule has 2 aliphatic heterocycles. The van der Waals surface area contributed by atoms with Crippen LogP contribution in [0.4, 0.5) is 10.9 Å². The van der Waals surface area contributed by atoms with E-state index in [-0.39, 0.29) is 48.6 Å². The van der Waals surface area contributed by atoms with E-state index in [0.717, 1.165) is 16.4 Å². The lowest BCUT2D eigenvalue weighted by Gasteiger charge is -2.49. The first-order valence-corrected chi connectivity index (χ1v) is 16.2. The van der Waals surface area contributed by atoms with Gasteiger partial charge in [-0.25, -0.2) is 18.0 Å². The van der Waals surface area contributed by atoms with Crippen molar-refractivity contribution in [3.8, 4) is 0 Å². The summed E-state index contributed by atoms with van der Waals surface area (Å²) in [6.07, 6.45) is 1.66. The summed E-state index contributed by atoms with van der Waals surface area (Å²) < 4.78 is 40.0. The molecule has 2 amide bonds. The average molecular weight is 723 g/mol. The largest absolute Gasteiger partial charge is 0.726 e. The van der Waals surface area contributed by atoms with Crippen LogP contribution in [0, 0.1) is 0 Å². The number of nitrogens with zero attached hydrogens (tertiary/aromatic N) is 6. The maximum Gasteiger partial charge on any atom is 0.352 e. The van der Waals surface area contributed by atoms with Gasteiger partial charge in [-0.1, -0.05) is 5.16 Å². The summed E-state index contributed by atoms with van der Waals surface area (Å²) >= 11 is 1.99. The Labute approximate surface area is 273 Å². The van der Waals surface area contributed by atoms with E-state index in [1.807, 2.05) is 0 Å². The van der Waals surface area contributed by atoms with Crippen molar-refractivity contribution >= 4 is 74.1 Å². The topological polar surface area (TPSA) is 356 Å². The molecule has 2 aromatic heterocycles. The number of β-lactam (4-membered cyclic amide) rings is 1. The second kappa shape index (κ2) is 14.6. The Balaban J connectivity index is 0.00000111. The van der Waals surface area contributed by atoms with Crippen LogP contribution in [0.3, 0.4) is 0 Å². The van der Waals surface area contributed by atoms with E-state index < -0.39 is 56.9 Å². The van der Waals surface area contributed by atoms with E-state index in [4.69, 9.17) is 39.6 Å². The minimum Gasteiger partial charge on any atom is -0.726 e. The zero-order valence-electron chi connectivity index (χ0n) is 24.5. The molecule has 258 valence electrons. The number of thioether (sulfide) groups is 1. The number of nitrogen functional groups attached to an aromatic ring is 2. The average Bonchev–Trinajstić information content (AvgIpc) is 3.52. The number of nitrogens with one attached hydrogen (secondary N) is 1. The van der Waals surface area contributed by atoms with E-state index in [1.165, 1.54) is 25.6 Å². The Morgan fingerprint density at radius 1 is 1.30 bits per heavy atom. The maximum atomic E-state index is 13.2. The van der Waals surface area contributed by atoms with Gasteiger partial charge in [-0.05, 0) is 13.8 Å². The molecule has 0 saturated carbocycles. The van der Waals surface area contributed by atoms with Gasteiger partial charge in [0.05, 0.1) is 12.2 Å². The lowest BCUT2D eigenvalue weighted by molar-refractivity contribution is -0.767. The minimum atomic E-state index is -4.92. The molecule has 25 heteroatoms. The Morgan fingerprint density at radius 3 is 2.45 bits per heavy atom. The molecule has 11 N–H and O–H groups in total. The minimum absolute atomic E-state index is 0.00355. The number of anilines is 2. The van der Waals surface area contributed by atoms with E-state index in [9.17, 15) is 34.5 Å². The lowest BCUT2D eigenvalue weighted by atomic mass is 10.0. The van der Waals surface area contributed by atoms with Crippen molar-refractivity contribution < 1.29 is 61.5 Å². The zero-order valence-corrected chi connectivity index (χ0v) is 26.9. The van der Waals surface area contributed by atoms with Crippen LogP contribution in [0.2, 0.25) is 0 Å². The van der Waals surface area contributed by atoms with Gasteiger partial charge < -0.3 is 47.2 Å². The molecule has 2 atom stereocenters. The van der Waals surface area contributed by atoms with Gasteiger partial charge in [0.15, 0.2) is 17.5 Å². The van der Waals surface area contributed by atoms with Crippen LogP contribution in [0.5, 0.6) is 0 Å². The van der Waals surface area contributed by atoms with Crippen LogP contribution >= 0.6 is 23.3 Å². The number of aromatic nitrogens is 4. The first kappa shape index (κ1) is 37.1. The number of carboxylic acids is 2. The van der Waals surface area contributed by atoms with Crippen LogP contribution in [-0.4, -0.2) is 111 Å². The van der Waals surface area contributed by atoms with Crippen molar-refractivity contribution in [3.63, 3.8) is 0 Å². The number of rotatable bonds is 12. The van der Waals surface area contributed by atoms with Crippen LogP contribution in [-0.2, 0) is 54.0 Å². The molecular weight excluding hydrogens is 693 g/mol. The summed E-state index contributed by atoms with van der Waals surface area (Å²) in [6.45, 7) is 2.53. The quantitative estimate of drug-likeness (QED) is 0.0260. The summed E-state index contributed by atoms with van der Waals surface area (Å²) in [5, 5.41) is 34.2. The van der Waals surface area contributed by atoms with Crippen molar-refractivity contribution in [1.82, 2.24) is 24.3 Å². The first-order valence-electron chi connectivity index (χ1n) is 13.0. The smallest absolute Gasteiger partial charge is 0.352 e. The number of amides is 2. The third kappa shape index (κ3) is 8.70. The fourth-order valence-corrected chi connectivity index (χ4v) is 5.95. The zero-order chi connectivity index (χ0) is 35.4. The highest BCUT2D eigenvalue weighted by atomic mass is 32.3. The van der Waals surface area contributed by atoms with E-state index >= 15 is 0 Å². The summed E-state index contributed by atoms with van der Waals surface area (Å²) in [7, 11) is -4.92. The third-order valence-electron chi connectivity index (χ3n) is 6.39. The van der Waals surface area contributed by atoms with Crippen molar-refractivity contribution in [3.05, 3.63) is 28.9 Å². The van der Waals surface area contributed by atoms with Gasteiger partial charge in [-0.15, -0.1) is 21.1 Å². The molecule has 0 aromatic carbocycles. The van der Waals surface area contributed by atoms with Crippen LogP contribution in [0.1, 0.15) is 25.2 Å². The van der Waals surface area contributed by atoms with Gasteiger partial charge in [0, 0.05) is 29.4 Å². The molecule has 1 fully saturated rings. The Kier molecular flexibility index (Phi) is 11.5. The van der Waals surface area contributed by atoms with Crippen molar-refractivity contribution in [2.24, 2.45) is 10.9 Å². The number of aliphatic hydroxyl groups is 1. The summed E-state index contributed by atoms with van der Waals surface area (Å²) in [6, 6.07) is -1.14. The normalized spacial score (nSPS) is 18.1. The summed E-state index contributed by atoms with van der Waals surface area (Å²) in [5.41, 5.74) is 15.9. The van der Waals surface area contributed by atoms with Gasteiger partial charge in [0.25, 0.3) is 11.8 Å². The second-order valence-corrected chi connectivity index (χ2v) is 12.8. The molecular formula is C22H30N10O12S3. The highest BCUT2D eigenvalue weighted by Crippen LogP contribution is 2.40. The fraction of sp³-hybridized carbons (Fsp3) is 0.455. The highest BCUT2D eigenvalue weighted by molar-refractivity contribution is 8.00. The Hall–Kier alpha value is -4.40. The monoisotopic (exact) mass is 722 g/mol. The van der Waals surface area contributed by atoms with Gasteiger partial charge >= 0.3 is 11.9 Å². The summed E-state index contributed by atoms with van der Waals surface area (Å²) in [4.78, 5) is 60.2. The van der Waals surface area contributed by atoms with Gasteiger partial charge in [0.2, 0.25) is 33.7 Å². The van der Waals surface area contributed by atoms with Gasteiger partial charge in [-0.2, -0.15) is 9.36 Å². The Bertz CT molecular complexity index is 1730. The molecule has 0 aliphatic carbocycles. The van der Waals surface area contributed by atoms with Crippen LogP contribution in [0.15, 0.2) is 22.6 Å². The number of fused-ring (bicyclic) bond motifs is 1. The van der Waals surface area contributed by atoms with Crippen LogP contribution < -0.4 is 27.2 Å². The number of nitrogens with two attached hydrogens (primary N) is 3. The molecule has 22 nitrogen and oxygen atoms in total. The number of aliphatic carboxylic acids is 2. The molecule has 1 saturated heterocycles. The maximum absolute atomic E-state index is 13.2. The van der Waals surface area contributed by atoms with Crippen molar-refractivity contribution in [1.29, 1.82) is 0 Å². The van der Waals surface area contributed by atoms with E-state index in [0.29, 0.717) is 17.0 Å². The summed E-state index contributed by atoms with van der Waals surface area (Å²) in [5.74, 6) is -4.06.